The van der Waals surface area contributed by atoms with E-state index in [0.717, 1.165) is 11.1 Å². The highest BCUT2D eigenvalue weighted by molar-refractivity contribution is 6.36. The van der Waals surface area contributed by atoms with Crippen LogP contribution >= 0.6 is 11.6 Å². The second-order valence-corrected chi connectivity index (χ2v) is 5.30. The van der Waals surface area contributed by atoms with Crippen molar-refractivity contribution in [3.05, 3.63) is 70.5 Å². The van der Waals surface area contributed by atoms with E-state index in [-0.39, 0.29) is 12.2 Å². The third kappa shape index (κ3) is 4.97. The topological polar surface area (TPSA) is 46.2 Å². The van der Waals surface area contributed by atoms with Crippen LogP contribution in [0.2, 0.25) is 5.02 Å². The van der Waals surface area contributed by atoms with Gasteiger partial charge in [-0.1, -0.05) is 35.9 Å². The third-order valence-corrected chi connectivity index (χ3v) is 3.40. The molecule has 0 fully saturated rings. The van der Waals surface area contributed by atoms with Gasteiger partial charge < -0.3 is 5.32 Å². The summed E-state index contributed by atoms with van der Waals surface area (Å²) < 4.78 is 12.8. The van der Waals surface area contributed by atoms with Crippen molar-refractivity contribution in [2.75, 3.05) is 6.54 Å². The fourth-order valence-corrected chi connectivity index (χ4v) is 2.06. The molecule has 0 aliphatic rings. The number of ketones is 1. The molecular formula is C17H15ClFNO2. The monoisotopic (exact) mass is 319 g/mol. The molecule has 0 bridgehead atoms. The van der Waals surface area contributed by atoms with Crippen LogP contribution in [0.4, 0.5) is 4.39 Å². The van der Waals surface area contributed by atoms with Crippen LogP contribution in [0.3, 0.4) is 0 Å². The lowest BCUT2D eigenvalue weighted by Crippen LogP contribution is -2.33. The number of carbonyl (C=O) groups excluding carboxylic acids is 2. The maximum absolute atomic E-state index is 12.8. The third-order valence-electron chi connectivity index (χ3n) is 3.14. The van der Waals surface area contributed by atoms with Gasteiger partial charge in [-0.05, 0) is 41.8 Å². The number of rotatable bonds is 6. The van der Waals surface area contributed by atoms with Gasteiger partial charge in [-0.2, -0.15) is 0 Å². The van der Waals surface area contributed by atoms with Crippen molar-refractivity contribution in [2.24, 2.45) is 0 Å². The predicted molar refractivity (Wildman–Crippen MR) is 83.3 cm³/mol. The molecule has 0 atom stereocenters. The summed E-state index contributed by atoms with van der Waals surface area (Å²) in [5.74, 6) is -1.41. The Morgan fingerprint density at radius 2 is 1.55 bits per heavy atom. The Bertz CT molecular complexity index is 653. The number of Topliss-reactive ketones (excluding diaryl/α,β-unsaturated/α-hetero) is 1. The van der Waals surface area contributed by atoms with Crippen molar-refractivity contribution in [1.82, 2.24) is 5.32 Å². The normalized spacial score (nSPS) is 10.3. The van der Waals surface area contributed by atoms with Crippen LogP contribution in [0.25, 0.3) is 0 Å². The summed E-state index contributed by atoms with van der Waals surface area (Å²) in [6.07, 6.45) is 0.583. The van der Waals surface area contributed by atoms with Crippen molar-refractivity contribution in [3.63, 3.8) is 0 Å². The minimum absolute atomic E-state index is 0.0412. The molecular weight excluding hydrogens is 305 g/mol. The highest BCUT2D eigenvalue weighted by atomic mass is 35.5. The molecule has 3 nitrogen and oxygen atoms in total. The van der Waals surface area contributed by atoms with Crippen LogP contribution in [0.15, 0.2) is 48.5 Å². The first-order valence-corrected chi connectivity index (χ1v) is 7.22. The molecule has 0 aliphatic carbocycles. The molecule has 114 valence electrons. The largest absolute Gasteiger partial charge is 0.349 e. The maximum atomic E-state index is 12.8. The smallest absolute Gasteiger partial charge is 0.287 e. The molecule has 1 amide bonds. The number of benzene rings is 2. The zero-order valence-electron chi connectivity index (χ0n) is 11.8. The van der Waals surface area contributed by atoms with E-state index in [2.05, 4.69) is 5.32 Å². The van der Waals surface area contributed by atoms with E-state index >= 15 is 0 Å². The van der Waals surface area contributed by atoms with E-state index in [9.17, 15) is 14.0 Å². The molecule has 0 aromatic heterocycles. The standard InChI is InChI=1S/C17H15ClFNO2/c18-14-5-1-13(2-6-14)11-16(21)17(22)20-10-9-12-3-7-15(19)8-4-12/h1-8H,9-11H2,(H,20,22). The SMILES string of the molecule is O=C(Cc1ccc(Cl)cc1)C(=O)NCCc1ccc(F)cc1. The second-order valence-electron chi connectivity index (χ2n) is 4.86. The zero-order chi connectivity index (χ0) is 15.9. The highest BCUT2D eigenvalue weighted by Crippen LogP contribution is 2.10. The molecule has 0 spiro atoms. The first-order chi connectivity index (χ1) is 10.5. The molecule has 0 radical (unpaired) electrons. The fraction of sp³-hybridized carbons (Fsp3) is 0.176. The van der Waals surface area contributed by atoms with Crippen LogP contribution < -0.4 is 5.32 Å². The van der Waals surface area contributed by atoms with E-state index < -0.39 is 11.7 Å². The van der Waals surface area contributed by atoms with Gasteiger partial charge in [-0.15, -0.1) is 0 Å². The Hall–Kier alpha value is -2.20. The van der Waals surface area contributed by atoms with E-state index in [1.807, 2.05) is 0 Å². The number of hydrogen-bond donors (Lipinski definition) is 1. The summed E-state index contributed by atoms with van der Waals surface area (Å²) in [6, 6.07) is 12.8. The number of hydrogen-bond acceptors (Lipinski definition) is 2. The van der Waals surface area contributed by atoms with Crippen LogP contribution in [-0.4, -0.2) is 18.2 Å². The molecule has 1 N–H and O–H groups in total. The van der Waals surface area contributed by atoms with Gasteiger partial charge >= 0.3 is 0 Å². The van der Waals surface area contributed by atoms with Crippen LogP contribution in [0.5, 0.6) is 0 Å². The average molecular weight is 320 g/mol. The van der Waals surface area contributed by atoms with E-state index in [4.69, 9.17) is 11.6 Å². The van der Waals surface area contributed by atoms with E-state index in [1.54, 1.807) is 36.4 Å². The second kappa shape index (κ2) is 7.71. The summed E-state index contributed by atoms with van der Waals surface area (Å²) in [7, 11) is 0. The van der Waals surface area contributed by atoms with Gasteiger partial charge in [0, 0.05) is 18.0 Å². The van der Waals surface area contributed by atoms with E-state index in [1.165, 1.54) is 12.1 Å². The Morgan fingerprint density at radius 3 is 2.18 bits per heavy atom. The van der Waals surface area contributed by atoms with Gasteiger partial charge in [0.2, 0.25) is 5.78 Å². The van der Waals surface area contributed by atoms with Crippen molar-refractivity contribution < 1.29 is 14.0 Å². The lowest BCUT2D eigenvalue weighted by Gasteiger charge is -2.05. The maximum Gasteiger partial charge on any atom is 0.287 e. The molecule has 2 aromatic rings. The minimum Gasteiger partial charge on any atom is -0.349 e. The number of amides is 1. The van der Waals surface area contributed by atoms with Crippen molar-refractivity contribution in [2.45, 2.75) is 12.8 Å². The summed E-state index contributed by atoms with van der Waals surface area (Å²) >= 11 is 5.76. The van der Waals surface area contributed by atoms with E-state index in [0.29, 0.717) is 18.0 Å². The molecule has 0 saturated carbocycles. The minimum atomic E-state index is -0.614. The van der Waals surface area contributed by atoms with Gasteiger partial charge in [-0.25, -0.2) is 4.39 Å². The van der Waals surface area contributed by atoms with Crippen molar-refractivity contribution >= 4 is 23.3 Å². The molecule has 22 heavy (non-hydrogen) atoms. The van der Waals surface area contributed by atoms with Crippen LogP contribution in [-0.2, 0) is 22.4 Å². The first-order valence-electron chi connectivity index (χ1n) is 6.84. The van der Waals surface area contributed by atoms with Crippen molar-refractivity contribution in [3.8, 4) is 0 Å². The fourth-order valence-electron chi connectivity index (χ4n) is 1.94. The molecule has 2 rings (SSSR count). The van der Waals surface area contributed by atoms with Gasteiger partial charge in [0.15, 0.2) is 0 Å². The lowest BCUT2D eigenvalue weighted by atomic mass is 10.1. The highest BCUT2D eigenvalue weighted by Gasteiger charge is 2.13. The lowest BCUT2D eigenvalue weighted by molar-refractivity contribution is -0.137. The van der Waals surface area contributed by atoms with Gasteiger partial charge in [-0.3, -0.25) is 9.59 Å². The first kappa shape index (κ1) is 16.2. The summed E-state index contributed by atoms with van der Waals surface area (Å²) in [4.78, 5) is 23.5. The predicted octanol–water partition coefficient (Wildman–Crippen LogP) is 2.95. The molecule has 0 aliphatic heterocycles. The Kier molecular flexibility index (Phi) is 5.67. The Balaban J connectivity index is 1.77. The summed E-state index contributed by atoms with van der Waals surface area (Å²) in [6.45, 7) is 0.330. The molecule has 0 unspecified atom stereocenters. The zero-order valence-corrected chi connectivity index (χ0v) is 12.6. The van der Waals surface area contributed by atoms with Crippen LogP contribution in [0, 0.1) is 5.82 Å². The number of carbonyl (C=O) groups is 2. The quantitative estimate of drug-likeness (QED) is 0.832. The van der Waals surface area contributed by atoms with Gasteiger partial charge in [0.1, 0.15) is 5.82 Å². The molecule has 5 heteroatoms. The average Bonchev–Trinajstić information content (AvgIpc) is 2.51. The Labute approximate surface area is 133 Å². The summed E-state index contributed by atoms with van der Waals surface area (Å²) in [5, 5.41) is 3.15. The van der Waals surface area contributed by atoms with Gasteiger partial charge in [0.25, 0.3) is 5.91 Å². The Morgan fingerprint density at radius 1 is 0.955 bits per heavy atom. The number of nitrogens with one attached hydrogen (secondary N) is 1. The number of halogens is 2. The molecule has 0 saturated heterocycles. The molecule has 0 heterocycles. The van der Waals surface area contributed by atoms with Gasteiger partial charge in [0.05, 0.1) is 0 Å². The summed E-state index contributed by atoms with van der Waals surface area (Å²) in [5.41, 5.74) is 1.63. The molecule has 2 aromatic carbocycles. The van der Waals surface area contributed by atoms with Crippen molar-refractivity contribution in [1.29, 1.82) is 0 Å². The van der Waals surface area contributed by atoms with Crippen LogP contribution in [0.1, 0.15) is 11.1 Å².